The number of hydrogen-bond acceptors (Lipinski definition) is 3. The molecule has 5 heteroatoms. The molecule has 4 nitrogen and oxygen atoms in total. The number of rotatable bonds is 9. The molecule has 0 saturated heterocycles. The fraction of sp³-hybridized carbons (Fsp3) is 0.500. The average Bonchev–Trinajstić information content (AvgIpc) is 2.37. The lowest BCUT2D eigenvalue weighted by molar-refractivity contribution is 0.0692. The predicted octanol–water partition coefficient (Wildman–Crippen LogP) is 2.43. The molecule has 0 aromatic heterocycles. The Morgan fingerprint density at radius 2 is 2.21 bits per heavy atom. The van der Waals surface area contributed by atoms with Crippen LogP contribution in [0.4, 0.5) is 4.39 Å². The summed E-state index contributed by atoms with van der Waals surface area (Å²) in [5.41, 5.74) is 0.439. The van der Waals surface area contributed by atoms with Gasteiger partial charge in [-0.2, -0.15) is 0 Å². The standard InChI is InChI=1S/C14H20FNO3/c1-2-7-19-8-3-6-16-10-11-4-5-12(14(17)18)13(15)9-11/h4-5,9,16H,2-3,6-8,10H2,1H3,(H,17,18). The van der Waals surface area contributed by atoms with Gasteiger partial charge in [0.1, 0.15) is 5.82 Å². The highest BCUT2D eigenvalue weighted by Crippen LogP contribution is 2.10. The van der Waals surface area contributed by atoms with Crippen molar-refractivity contribution in [1.82, 2.24) is 5.32 Å². The Bertz CT molecular complexity index is 410. The first-order valence-corrected chi connectivity index (χ1v) is 6.45. The van der Waals surface area contributed by atoms with Crippen molar-refractivity contribution in [3.05, 3.63) is 35.1 Å². The predicted molar refractivity (Wildman–Crippen MR) is 70.8 cm³/mol. The molecule has 0 bridgehead atoms. The summed E-state index contributed by atoms with van der Waals surface area (Å²) in [4.78, 5) is 10.6. The Morgan fingerprint density at radius 1 is 1.42 bits per heavy atom. The van der Waals surface area contributed by atoms with E-state index in [-0.39, 0.29) is 5.56 Å². The molecule has 0 saturated carbocycles. The van der Waals surface area contributed by atoms with E-state index in [1.54, 1.807) is 6.07 Å². The molecule has 19 heavy (non-hydrogen) atoms. The summed E-state index contributed by atoms with van der Waals surface area (Å²) in [6.07, 6.45) is 1.92. The van der Waals surface area contributed by atoms with Gasteiger partial charge in [-0.25, -0.2) is 9.18 Å². The molecule has 0 radical (unpaired) electrons. The van der Waals surface area contributed by atoms with E-state index in [0.29, 0.717) is 13.2 Å². The van der Waals surface area contributed by atoms with Gasteiger partial charge in [0.25, 0.3) is 0 Å². The van der Waals surface area contributed by atoms with Crippen molar-refractivity contribution >= 4 is 5.97 Å². The summed E-state index contributed by atoms with van der Waals surface area (Å²) >= 11 is 0. The maximum atomic E-state index is 13.4. The molecule has 0 amide bonds. The Balaban J connectivity index is 2.26. The SMILES string of the molecule is CCCOCCCNCc1ccc(C(=O)O)c(F)c1. The van der Waals surface area contributed by atoms with Crippen molar-refractivity contribution in [3.63, 3.8) is 0 Å². The minimum Gasteiger partial charge on any atom is -0.478 e. The molecule has 0 aliphatic carbocycles. The largest absolute Gasteiger partial charge is 0.478 e. The third-order valence-electron chi connectivity index (χ3n) is 2.58. The summed E-state index contributed by atoms with van der Waals surface area (Å²) in [7, 11) is 0. The quantitative estimate of drug-likeness (QED) is 0.676. The second-order valence-corrected chi connectivity index (χ2v) is 4.26. The fourth-order valence-corrected chi connectivity index (χ4v) is 1.62. The van der Waals surface area contributed by atoms with E-state index >= 15 is 0 Å². The third kappa shape index (κ3) is 5.81. The summed E-state index contributed by atoms with van der Waals surface area (Å²) in [5, 5.41) is 11.9. The molecule has 0 fully saturated rings. The molecule has 0 aliphatic heterocycles. The molecule has 0 atom stereocenters. The smallest absolute Gasteiger partial charge is 0.338 e. The molecule has 1 aromatic carbocycles. The fourth-order valence-electron chi connectivity index (χ4n) is 1.62. The first-order chi connectivity index (χ1) is 9.15. The van der Waals surface area contributed by atoms with E-state index in [9.17, 15) is 9.18 Å². The molecular weight excluding hydrogens is 249 g/mol. The maximum Gasteiger partial charge on any atom is 0.338 e. The van der Waals surface area contributed by atoms with Crippen molar-refractivity contribution in [2.24, 2.45) is 0 Å². The summed E-state index contributed by atoms with van der Waals surface area (Å²) < 4.78 is 18.7. The molecule has 106 valence electrons. The van der Waals surface area contributed by atoms with E-state index in [0.717, 1.165) is 31.6 Å². The topological polar surface area (TPSA) is 58.6 Å². The van der Waals surface area contributed by atoms with Crippen LogP contribution < -0.4 is 5.32 Å². The minimum absolute atomic E-state index is 0.295. The second kappa shape index (κ2) is 8.61. The van der Waals surface area contributed by atoms with E-state index < -0.39 is 11.8 Å². The van der Waals surface area contributed by atoms with Crippen LogP contribution in [0.25, 0.3) is 0 Å². The van der Waals surface area contributed by atoms with Gasteiger partial charge in [-0.1, -0.05) is 13.0 Å². The molecule has 0 aliphatic rings. The zero-order valence-electron chi connectivity index (χ0n) is 11.1. The Kier molecular flexibility index (Phi) is 7.07. The summed E-state index contributed by atoms with van der Waals surface area (Å²) in [6.45, 7) is 4.86. The monoisotopic (exact) mass is 269 g/mol. The van der Waals surface area contributed by atoms with E-state index in [2.05, 4.69) is 12.2 Å². The van der Waals surface area contributed by atoms with E-state index in [1.807, 2.05) is 0 Å². The van der Waals surface area contributed by atoms with Crippen molar-refractivity contribution in [2.45, 2.75) is 26.3 Å². The van der Waals surface area contributed by atoms with Crippen LogP contribution in [0.15, 0.2) is 18.2 Å². The lowest BCUT2D eigenvalue weighted by Crippen LogP contribution is -2.17. The zero-order valence-corrected chi connectivity index (χ0v) is 11.1. The van der Waals surface area contributed by atoms with Gasteiger partial charge >= 0.3 is 5.97 Å². The van der Waals surface area contributed by atoms with Gasteiger partial charge in [0.05, 0.1) is 5.56 Å². The Morgan fingerprint density at radius 3 is 2.84 bits per heavy atom. The van der Waals surface area contributed by atoms with Crippen LogP contribution in [-0.2, 0) is 11.3 Å². The van der Waals surface area contributed by atoms with Crippen LogP contribution in [0.5, 0.6) is 0 Å². The minimum atomic E-state index is -1.25. The zero-order chi connectivity index (χ0) is 14.1. The third-order valence-corrected chi connectivity index (χ3v) is 2.58. The number of carbonyl (C=O) groups is 1. The van der Waals surface area contributed by atoms with Crippen molar-refractivity contribution in [2.75, 3.05) is 19.8 Å². The highest BCUT2D eigenvalue weighted by Gasteiger charge is 2.09. The van der Waals surface area contributed by atoms with Crippen LogP contribution in [0.3, 0.4) is 0 Å². The lowest BCUT2D eigenvalue weighted by Gasteiger charge is -2.06. The van der Waals surface area contributed by atoms with Crippen LogP contribution in [0.2, 0.25) is 0 Å². The number of ether oxygens (including phenoxy) is 1. The van der Waals surface area contributed by atoms with Crippen LogP contribution in [0.1, 0.15) is 35.7 Å². The normalized spacial score (nSPS) is 10.6. The van der Waals surface area contributed by atoms with Gasteiger partial charge in [-0.05, 0) is 37.1 Å². The van der Waals surface area contributed by atoms with Gasteiger partial charge in [0.15, 0.2) is 0 Å². The highest BCUT2D eigenvalue weighted by molar-refractivity contribution is 5.87. The van der Waals surface area contributed by atoms with Gasteiger partial charge < -0.3 is 15.2 Å². The van der Waals surface area contributed by atoms with Crippen molar-refractivity contribution in [3.8, 4) is 0 Å². The lowest BCUT2D eigenvalue weighted by atomic mass is 10.1. The first kappa shape index (κ1) is 15.6. The molecular formula is C14H20FNO3. The van der Waals surface area contributed by atoms with Crippen LogP contribution in [0, 0.1) is 5.82 Å². The molecule has 0 spiro atoms. The molecule has 2 N–H and O–H groups in total. The van der Waals surface area contributed by atoms with Crippen LogP contribution >= 0.6 is 0 Å². The average molecular weight is 269 g/mol. The summed E-state index contributed by atoms with van der Waals surface area (Å²) in [6, 6.07) is 4.16. The second-order valence-electron chi connectivity index (χ2n) is 4.26. The van der Waals surface area contributed by atoms with E-state index in [4.69, 9.17) is 9.84 Å². The number of benzene rings is 1. The molecule has 1 aromatic rings. The van der Waals surface area contributed by atoms with Crippen molar-refractivity contribution in [1.29, 1.82) is 0 Å². The summed E-state index contributed by atoms with van der Waals surface area (Å²) in [5.74, 6) is -1.94. The van der Waals surface area contributed by atoms with Gasteiger partial charge in [-0.15, -0.1) is 0 Å². The first-order valence-electron chi connectivity index (χ1n) is 6.45. The number of nitrogens with one attached hydrogen (secondary N) is 1. The van der Waals surface area contributed by atoms with Gasteiger partial charge in [0.2, 0.25) is 0 Å². The molecule has 1 rings (SSSR count). The van der Waals surface area contributed by atoms with Crippen LogP contribution in [-0.4, -0.2) is 30.8 Å². The molecule has 0 heterocycles. The maximum absolute atomic E-state index is 13.4. The highest BCUT2D eigenvalue weighted by atomic mass is 19.1. The van der Waals surface area contributed by atoms with Crippen molar-refractivity contribution < 1.29 is 19.0 Å². The number of carboxylic acid groups (broad SMARTS) is 1. The Labute approximate surface area is 112 Å². The number of carboxylic acids is 1. The number of hydrogen-bond donors (Lipinski definition) is 2. The number of halogens is 1. The Hall–Kier alpha value is -1.46. The van der Waals surface area contributed by atoms with Gasteiger partial charge in [-0.3, -0.25) is 0 Å². The number of aromatic carboxylic acids is 1. The van der Waals surface area contributed by atoms with E-state index in [1.165, 1.54) is 12.1 Å². The molecule has 0 unspecified atom stereocenters. The van der Waals surface area contributed by atoms with Gasteiger partial charge in [0, 0.05) is 19.8 Å².